The molecule has 1 aliphatic rings. The molecule has 0 fully saturated rings. The van der Waals surface area contributed by atoms with Crippen LogP contribution >= 0.6 is 23.5 Å². The molecule has 0 radical (unpaired) electrons. The van der Waals surface area contributed by atoms with E-state index in [1.807, 2.05) is 24.5 Å². The molecule has 1 heterocycles. The Morgan fingerprint density at radius 2 is 2.15 bits per heavy atom. The van der Waals surface area contributed by atoms with Gasteiger partial charge in [0.05, 0.1) is 10.7 Å². The number of fused-ring (bicyclic) bond motifs is 1. The smallest absolute Gasteiger partial charge is 0.0970 e. The van der Waals surface area contributed by atoms with Gasteiger partial charge in [0.1, 0.15) is 0 Å². The molecule has 1 aromatic rings. The second kappa shape index (κ2) is 4.03. The first-order valence-electron chi connectivity index (χ1n) is 3.95. The minimum Gasteiger partial charge on any atom is -0.241 e. The van der Waals surface area contributed by atoms with E-state index in [1.54, 1.807) is 23.5 Å². The van der Waals surface area contributed by atoms with Crippen LogP contribution in [-0.2, 0) is 0 Å². The van der Waals surface area contributed by atoms with Crippen molar-refractivity contribution in [3.8, 4) is 0 Å². The van der Waals surface area contributed by atoms with Crippen LogP contribution in [0.4, 0.5) is 5.69 Å². The van der Waals surface area contributed by atoms with Crippen LogP contribution in [0.25, 0.3) is 0 Å². The van der Waals surface area contributed by atoms with Crippen LogP contribution in [0.2, 0.25) is 0 Å². The lowest BCUT2D eigenvalue weighted by molar-refractivity contribution is 1.39. The summed E-state index contributed by atoms with van der Waals surface area (Å²) in [6, 6.07) is 8.20. The monoisotopic (exact) mass is 207 g/mol. The van der Waals surface area contributed by atoms with Gasteiger partial charge in [0.2, 0.25) is 0 Å². The fourth-order valence-corrected chi connectivity index (χ4v) is 2.30. The number of para-hydroxylation sites is 1. The molecule has 0 aliphatic carbocycles. The van der Waals surface area contributed by atoms with Gasteiger partial charge in [-0.15, -0.1) is 11.8 Å². The fraction of sp³-hybridized carbons (Fsp3) is 0.100. The molecule has 1 aromatic carbocycles. The predicted octanol–water partition coefficient (Wildman–Crippen LogP) is 3.70. The fourth-order valence-electron chi connectivity index (χ4n) is 1.08. The summed E-state index contributed by atoms with van der Waals surface area (Å²) in [6.07, 6.45) is 4.09. The predicted molar refractivity (Wildman–Crippen MR) is 62.0 cm³/mol. The molecule has 2 rings (SSSR count). The summed E-state index contributed by atoms with van der Waals surface area (Å²) in [7, 11) is 0. The molecule has 1 aliphatic heterocycles. The Hall–Kier alpha value is -0.670. The summed E-state index contributed by atoms with van der Waals surface area (Å²) in [5.41, 5.74) is 1.07. The highest BCUT2D eigenvalue weighted by Crippen LogP contribution is 2.33. The van der Waals surface area contributed by atoms with Crippen molar-refractivity contribution in [3.05, 3.63) is 35.7 Å². The maximum absolute atomic E-state index is 4.53. The van der Waals surface area contributed by atoms with E-state index in [4.69, 9.17) is 0 Å². The highest BCUT2D eigenvalue weighted by atomic mass is 32.2. The Morgan fingerprint density at radius 3 is 3.00 bits per heavy atom. The number of benzene rings is 1. The molecule has 0 bridgehead atoms. The van der Waals surface area contributed by atoms with Crippen molar-refractivity contribution in [2.75, 3.05) is 6.26 Å². The molecule has 13 heavy (non-hydrogen) atoms. The molecular formula is C10H9NS2. The second-order valence-electron chi connectivity index (χ2n) is 2.54. The van der Waals surface area contributed by atoms with Crippen molar-refractivity contribution >= 4 is 34.3 Å². The molecule has 66 valence electrons. The van der Waals surface area contributed by atoms with Gasteiger partial charge in [-0.1, -0.05) is 23.9 Å². The summed E-state index contributed by atoms with van der Waals surface area (Å²) < 4.78 is 0. The molecule has 0 spiro atoms. The first kappa shape index (κ1) is 8.91. The summed E-state index contributed by atoms with van der Waals surface area (Å²) >= 11 is 3.39. The Labute approximate surface area is 86.3 Å². The van der Waals surface area contributed by atoms with Gasteiger partial charge in [0.15, 0.2) is 0 Å². The molecule has 0 atom stereocenters. The van der Waals surface area contributed by atoms with Gasteiger partial charge in [-0.05, 0) is 29.9 Å². The van der Waals surface area contributed by atoms with Crippen LogP contribution < -0.4 is 0 Å². The van der Waals surface area contributed by atoms with Gasteiger partial charge in [-0.2, -0.15) is 0 Å². The number of rotatable bonds is 0. The van der Waals surface area contributed by atoms with Crippen LogP contribution in [0.3, 0.4) is 0 Å². The van der Waals surface area contributed by atoms with Gasteiger partial charge in [0, 0.05) is 4.90 Å². The topological polar surface area (TPSA) is 12.4 Å². The van der Waals surface area contributed by atoms with E-state index in [1.165, 1.54) is 4.90 Å². The molecule has 3 heteroatoms. The highest BCUT2D eigenvalue weighted by molar-refractivity contribution is 8.13. The average molecular weight is 207 g/mol. The minimum absolute atomic E-state index is 1.07. The van der Waals surface area contributed by atoms with Crippen LogP contribution in [-0.4, -0.2) is 11.3 Å². The van der Waals surface area contributed by atoms with Crippen molar-refractivity contribution in [2.45, 2.75) is 4.90 Å². The summed E-state index contributed by atoms with van der Waals surface area (Å²) in [5, 5.41) is 3.15. The first-order valence-corrected chi connectivity index (χ1v) is 6.05. The lowest BCUT2D eigenvalue weighted by Gasteiger charge is -1.99. The molecular weight excluding hydrogens is 198 g/mol. The largest absolute Gasteiger partial charge is 0.241 e. The van der Waals surface area contributed by atoms with E-state index in [0.717, 1.165) is 10.7 Å². The average Bonchev–Trinajstić information content (AvgIpc) is 2.38. The summed E-state index contributed by atoms with van der Waals surface area (Å²) in [6.45, 7) is 0. The van der Waals surface area contributed by atoms with Crippen molar-refractivity contribution in [1.82, 2.24) is 0 Å². The maximum Gasteiger partial charge on any atom is 0.0970 e. The van der Waals surface area contributed by atoms with Crippen molar-refractivity contribution in [3.63, 3.8) is 0 Å². The third kappa shape index (κ3) is 1.98. The first-order chi connectivity index (χ1) is 6.40. The third-order valence-corrected chi connectivity index (χ3v) is 3.23. The van der Waals surface area contributed by atoms with E-state index in [2.05, 4.69) is 22.5 Å². The van der Waals surface area contributed by atoms with Gasteiger partial charge in [-0.3, -0.25) is 0 Å². The Bertz CT molecular complexity index is 369. The van der Waals surface area contributed by atoms with Crippen LogP contribution in [0.1, 0.15) is 0 Å². The lowest BCUT2D eigenvalue weighted by Crippen LogP contribution is -1.81. The van der Waals surface area contributed by atoms with E-state index in [9.17, 15) is 0 Å². The molecule has 0 amide bonds. The molecule has 0 aromatic heterocycles. The molecule has 1 nitrogen and oxygen atoms in total. The third-order valence-electron chi connectivity index (χ3n) is 1.71. The van der Waals surface area contributed by atoms with E-state index >= 15 is 0 Å². The van der Waals surface area contributed by atoms with Gasteiger partial charge in [-0.25, -0.2) is 4.99 Å². The van der Waals surface area contributed by atoms with Crippen molar-refractivity contribution in [1.29, 1.82) is 0 Å². The molecule has 0 N–H and O–H groups in total. The minimum atomic E-state index is 1.07. The Kier molecular flexibility index (Phi) is 2.76. The number of hydrogen-bond acceptors (Lipinski definition) is 3. The SMILES string of the molecule is CSC1=Nc2ccccc2SC=C1. The lowest BCUT2D eigenvalue weighted by atomic mass is 10.3. The maximum atomic E-state index is 4.53. The highest BCUT2D eigenvalue weighted by Gasteiger charge is 2.03. The number of hydrogen-bond donors (Lipinski definition) is 0. The van der Waals surface area contributed by atoms with Crippen molar-refractivity contribution in [2.24, 2.45) is 4.99 Å². The van der Waals surface area contributed by atoms with E-state index in [-0.39, 0.29) is 0 Å². The molecule has 0 saturated carbocycles. The van der Waals surface area contributed by atoms with Gasteiger partial charge in [0.25, 0.3) is 0 Å². The second-order valence-corrected chi connectivity index (χ2v) is 4.32. The summed E-state index contributed by atoms with van der Waals surface area (Å²) in [5.74, 6) is 0. The van der Waals surface area contributed by atoms with Crippen LogP contribution in [0, 0.1) is 0 Å². The van der Waals surface area contributed by atoms with Crippen LogP contribution in [0.5, 0.6) is 0 Å². The van der Waals surface area contributed by atoms with Crippen LogP contribution in [0.15, 0.2) is 45.6 Å². The molecule has 0 saturated heterocycles. The standard InChI is InChI=1S/C10H9NS2/c1-12-10-6-7-13-9-5-3-2-4-8(9)11-10/h2-7H,1H3. The van der Waals surface area contributed by atoms with E-state index in [0.29, 0.717) is 0 Å². The van der Waals surface area contributed by atoms with Gasteiger partial charge < -0.3 is 0 Å². The zero-order valence-corrected chi connectivity index (χ0v) is 8.86. The number of nitrogens with zero attached hydrogens (tertiary/aromatic N) is 1. The van der Waals surface area contributed by atoms with E-state index < -0.39 is 0 Å². The number of aliphatic imine (C=N–C) groups is 1. The van der Waals surface area contributed by atoms with Crippen molar-refractivity contribution < 1.29 is 0 Å². The summed E-state index contributed by atoms with van der Waals surface area (Å²) in [4.78, 5) is 5.75. The normalized spacial score (nSPS) is 14.7. The quantitative estimate of drug-likeness (QED) is 0.643. The molecule has 0 unspecified atom stereocenters. The van der Waals surface area contributed by atoms with Gasteiger partial charge >= 0.3 is 0 Å². The zero-order chi connectivity index (χ0) is 9.10. The Morgan fingerprint density at radius 1 is 1.31 bits per heavy atom. The number of thioether (sulfide) groups is 2. The Balaban J connectivity index is 2.47. The zero-order valence-electron chi connectivity index (χ0n) is 7.23.